The van der Waals surface area contributed by atoms with E-state index >= 15 is 0 Å². The Morgan fingerprint density at radius 3 is 2.63 bits per heavy atom. The summed E-state index contributed by atoms with van der Waals surface area (Å²) < 4.78 is 23.3. The summed E-state index contributed by atoms with van der Waals surface area (Å²) in [5.41, 5.74) is 0.333. The van der Waals surface area contributed by atoms with E-state index < -0.39 is 15.1 Å². The van der Waals surface area contributed by atoms with Crippen LogP contribution in [0.2, 0.25) is 10.0 Å². The van der Waals surface area contributed by atoms with Gasteiger partial charge in [0.2, 0.25) is 0 Å². The molecular weight excluding hydrogens is 309 g/mol. The summed E-state index contributed by atoms with van der Waals surface area (Å²) >= 11 is 11.9. The Balaban J connectivity index is 1.89. The Hall–Kier alpha value is -0.780. The molecule has 0 radical (unpaired) electrons. The van der Waals surface area contributed by atoms with E-state index in [0.29, 0.717) is 22.0 Å². The number of amides is 1. The highest BCUT2D eigenvalue weighted by molar-refractivity contribution is 7.92. The van der Waals surface area contributed by atoms with E-state index in [4.69, 9.17) is 23.2 Å². The minimum absolute atomic E-state index is 0.0571. The molecule has 19 heavy (non-hydrogen) atoms. The first kappa shape index (κ1) is 13.2. The second-order valence-corrected chi connectivity index (χ2v) is 8.09. The normalized spacial score (nSPS) is 27.8. The molecule has 3 rings (SSSR count). The smallest absolute Gasteiger partial charge is 0.255 e. The van der Waals surface area contributed by atoms with Crippen LogP contribution in [0, 0.1) is 0 Å². The first-order valence-corrected chi connectivity index (χ1v) is 8.33. The minimum Gasteiger partial charge on any atom is -0.333 e. The van der Waals surface area contributed by atoms with Crippen molar-refractivity contribution >= 4 is 38.9 Å². The summed E-state index contributed by atoms with van der Waals surface area (Å²) in [5, 5.41) is 0.351. The van der Waals surface area contributed by atoms with Crippen molar-refractivity contribution in [3.63, 3.8) is 0 Å². The topological polar surface area (TPSA) is 54.5 Å². The van der Waals surface area contributed by atoms with Gasteiger partial charge in [0.15, 0.2) is 9.84 Å². The van der Waals surface area contributed by atoms with Gasteiger partial charge in [-0.15, -0.1) is 0 Å². The fourth-order valence-corrected chi connectivity index (χ4v) is 5.16. The van der Waals surface area contributed by atoms with Crippen LogP contribution in [-0.4, -0.2) is 42.8 Å². The molecule has 7 heteroatoms. The number of hydrogen-bond acceptors (Lipinski definition) is 3. The maximum atomic E-state index is 12.4. The zero-order valence-electron chi connectivity index (χ0n) is 9.84. The van der Waals surface area contributed by atoms with Gasteiger partial charge < -0.3 is 4.90 Å². The summed E-state index contributed by atoms with van der Waals surface area (Å²) in [6.45, 7) is 0.259. The second kappa shape index (κ2) is 4.36. The average Bonchev–Trinajstić information content (AvgIpc) is 2.86. The van der Waals surface area contributed by atoms with Crippen molar-refractivity contribution in [2.75, 3.05) is 12.3 Å². The number of halogens is 2. The number of benzene rings is 1. The van der Waals surface area contributed by atoms with Crippen LogP contribution in [-0.2, 0) is 9.84 Å². The van der Waals surface area contributed by atoms with Gasteiger partial charge >= 0.3 is 0 Å². The summed E-state index contributed by atoms with van der Waals surface area (Å²) in [4.78, 5) is 14.0. The van der Waals surface area contributed by atoms with Gasteiger partial charge in [-0.25, -0.2) is 8.42 Å². The lowest BCUT2D eigenvalue weighted by molar-refractivity contribution is 0.0746. The highest BCUT2D eigenvalue weighted by Gasteiger charge is 2.50. The number of fused-ring (bicyclic) bond motifs is 2. The van der Waals surface area contributed by atoms with Crippen LogP contribution in [0.4, 0.5) is 0 Å². The van der Waals surface area contributed by atoms with E-state index in [0.717, 1.165) is 0 Å². The van der Waals surface area contributed by atoms with Crippen molar-refractivity contribution in [2.45, 2.75) is 17.7 Å². The molecule has 2 heterocycles. The SMILES string of the molecule is O=C(c1cc(Cl)ccc1Cl)N1CC2CC1CS2(=O)=O. The summed E-state index contributed by atoms with van der Waals surface area (Å²) in [6, 6.07) is 4.48. The average molecular weight is 320 g/mol. The first-order valence-electron chi connectivity index (χ1n) is 5.86. The van der Waals surface area contributed by atoms with Crippen LogP contribution in [0.5, 0.6) is 0 Å². The van der Waals surface area contributed by atoms with Crippen molar-refractivity contribution in [2.24, 2.45) is 0 Å². The molecule has 0 N–H and O–H groups in total. The van der Waals surface area contributed by atoms with Gasteiger partial charge in [-0.3, -0.25) is 4.79 Å². The van der Waals surface area contributed by atoms with Gasteiger partial charge in [-0.2, -0.15) is 0 Å². The third-order valence-electron chi connectivity index (χ3n) is 3.73. The maximum Gasteiger partial charge on any atom is 0.255 e. The van der Waals surface area contributed by atoms with Gasteiger partial charge in [0.05, 0.1) is 21.6 Å². The van der Waals surface area contributed by atoms with Gasteiger partial charge in [0.1, 0.15) is 0 Å². The van der Waals surface area contributed by atoms with Crippen molar-refractivity contribution in [3.8, 4) is 0 Å². The molecule has 0 aromatic heterocycles. The summed E-state index contributed by atoms with van der Waals surface area (Å²) in [6.07, 6.45) is 0.534. The largest absolute Gasteiger partial charge is 0.333 e. The van der Waals surface area contributed by atoms with Crippen LogP contribution in [0.3, 0.4) is 0 Å². The molecule has 2 saturated heterocycles. The van der Waals surface area contributed by atoms with E-state index in [9.17, 15) is 13.2 Å². The maximum absolute atomic E-state index is 12.4. The van der Waals surface area contributed by atoms with E-state index in [-0.39, 0.29) is 24.2 Å². The monoisotopic (exact) mass is 319 g/mol. The summed E-state index contributed by atoms with van der Waals surface area (Å²) in [7, 11) is -3.01. The molecule has 0 aliphatic carbocycles. The predicted octanol–water partition coefficient (Wildman–Crippen LogP) is 2.00. The Kier molecular flexibility index (Phi) is 3.04. The first-order chi connectivity index (χ1) is 8.88. The lowest BCUT2D eigenvalue weighted by Crippen LogP contribution is -2.44. The molecule has 2 fully saturated rings. The van der Waals surface area contributed by atoms with Gasteiger partial charge in [-0.1, -0.05) is 23.2 Å². The molecule has 1 aromatic rings. The van der Waals surface area contributed by atoms with E-state index in [2.05, 4.69) is 0 Å². The van der Waals surface area contributed by atoms with Crippen molar-refractivity contribution in [1.82, 2.24) is 4.90 Å². The van der Waals surface area contributed by atoms with Gasteiger partial charge in [0.25, 0.3) is 5.91 Å². The highest BCUT2D eigenvalue weighted by atomic mass is 35.5. The molecule has 102 valence electrons. The summed E-state index contributed by atoms with van der Waals surface area (Å²) in [5.74, 6) is -0.184. The number of carbonyl (C=O) groups is 1. The molecule has 2 atom stereocenters. The second-order valence-electron chi connectivity index (χ2n) is 4.92. The molecule has 2 aliphatic heterocycles. The number of nitrogens with zero attached hydrogens (tertiary/aromatic N) is 1. The lowest BCUT2D eigenvalue weighted by atomic mass is 10.2. The number of hydrogen-bond donors (Lipinski definition) is 0. The Bertz CT molecular complexity index is 659. The Labute approximate surface area is 121 Å². The fourth-order valence-electron chi connectivity index (χ4n) is 2.76. The number of rotatable bonds is 1. The molecular formula is C12H11Cl2NO3S. The standard InChI is InChI=1S/C12H11Cl2NO3S/c13-7-1-2-11(14)10(3-7)12(16)15-5-9-4-8(15)6-19(9,17)18/h1-3,8-9H,4-6H2. The fraction of sp³-hybridized carbons (Fsp3) is 0.417. The van der Waals surface area contributed by atoms with Crippen molar-refractivity contribution in [1.29, 1.82) is 0 Å². The van der Waals surface area contributed by atoms with Crippen molar-refractivity contribution in [3.05, 3.63) is 33.8 Å². The molecule has 2 bridgehead atoms. The van der Waals surface area contributed by atoms with Gasteiger partial charge in [-0.05, 0) is 24.6 Å². The quantitative estimate of drug-likeness (QED) is 0.795. The van der Waals surface area contributed by atoms with E-state index in [1.807, 2.05) is 0 Å². The number of likely N-dealkylation sites (tertiary alicyclic amines) is 1. The molecule has 1 amide bonds. The number of sulfone groups is 1. The third kappa shape index (κ3) is 2.14. The molecule has 2 unspecified atom stereocenters. The Morgan fingerprint density at radius 2 is 2.05 bits per heavy atom. The highest BCUT2D eigenvalue weighted by Crippen LogP contribution is 2.35. The zero-order chi connectivity index (χ0) is 13.8. The van der Waals surface area contributed by atoms with Crippen LogP contribution < -0.4 is 0 Å². The Morgan fingerprint density at radius 1 is 1.32 bits per heavy atom. The van der Waals surface area contributed by atoms with Crippen LogP contribution in [0.25, 0.3) is 0 Å². The molecule has 0 saturated carbocycles. The minimum atomic E-state index is -3.01. The molecule has 2 aliphatic rings. The van der Waals surface area contributed by atoms with Crippen LogP contribution in [0.15, 0.2) is 18.2 Å². The van der Waals surface area contributed by atoms with Crippen LogP contribution >= 0.6 is 23.2 Å². The van der Waals surface area contributed by atoms with Crippen molar-refractivity contribution < 1.29 is 13.2 Å². The van der Waals surface area contributed by atoms with Gasteiger partial charge in [0, 0.05) is 17.6 Å². The van der Waals surface area contributed by atoms with Crippen LogP contribution in [0.1, 0.15) is 16.8 Å². The number of carbonyl (C=O) groups excluding carboxylic acids is 1. The predicted molar refractivity (Wildman–Crippen MR) is 73.5 cm³/mol. The molecule has 1 aromatic carbocycles. The van der Waals surface area contributed by atoms with E-state index in [1.165, 1.54) is 6.07 Å². The zero-order valence-corrected chi connectivity index (χ0v) is 12.2. The van der Waals surface area contributed by atoms with E-state index in [1.54, 1.807) is 17.0 Å². The molecule has 4 nitrogen and oxygen atoms in total. The molecule has 0 spiro atoms. The lowest BCUT2D eigenvalue weighted by Gasteiger charge is -2.27. The third-order valence-corrected chi connectivity index (χ3v) is 6.50.